The molecule has 0 aliphatic rings. The molecule has 0 saturated heterocycles. The number of esters is 1. The molecule has 0 saturated carbocycles. The molecule has 32 heavy (non-hydrogen) atoms. The van der Waals surface area contributed by atoms with Gasteiger partial charge in [-0.25, -0.2) is 18.4 Å². The van der Waals surface area contributed by atoms with Crippen molar-refractivity contribution in [3.8, 4) is 11.5 Å². The number of amides is 1. The van der Waals surface area contributed by atoms with Crippen molar-refractivity contribution in [1.82, 2.24) is 0 Å². The first-order valence-corrected chi connectivity index (χ1v) is 11.4. The maximum Gasteiger partial charge on any atom is 0.331 e. The zero-order chi connectivity index (χ0) is 23.6. The van der Waals surface area contributed by atoms with Gasteiger partial charge in [0.25, 0.3) is 5.91 Å². The summed E-state index contributed by atoms with van der Waals surface area (Å²) >= 11 is 0. The van der Waals surface area contributed by atoms with E-state index in [0.29, 0.717) is 36.0 Å². The highest BCUT2D eigenvalue weighted by Gasteiger charge is 2.10. The lowest BCUT2D eigenvalue weighted by Crippen LogP contribution is -2.20. The van der Waals surface area contributed by atoms with Crippen molar-refractivity contribution in [2.45, 2.75) is 25.2 Å². The summed E-state index contributed by atoms with van der Waals surface area (Å²) in [5, 5.41) is 7.51. The summed E-state index contributed by atoms with van der Waals surface area (Å²) in [6.45, 7) is 4.40. The van der Waals surface area contributed by atoms with Crippen LogP contribution in [0.25, 0.3) is 6.08 Å². The normalized spacial score (nSPS) is 11.2. The molecule has 0 unspecified atom stereocenters. The molecule has 0 bridgehead atoms. The maximum atomic E-state index is 11.9. The first-order valence-electron chi connectivity index (χ1n) is 9.90. The Morgan fingerprint density at radius 2 is 1.75 bits per heavy atom. The summed E-state index contributed by atoms with van der Waals surface area (Å²) in [5.74, 6) is -0.0772. The van der Waals surface area contributed by atoms with E-state index >= 15 is 0 Å². The molecular formula is C22H26N2O7S. The van der Waals surface area contributed by atoms with Gasteiger partial charge in [0.15, 0.2) is 18.1 Å². The molecule has 0 heterocycles. The number of sulfonamides is 1. The lowest BCUT2D eigenvalue weighted by molar-refractivity contribution is -0.142. The standard InChI is InChI=1S/C22H26N2O7S/c1-3-13-30-19-11-5-16(14-20(19)29-4-2)6-12-22(26)31-15-21(25)24-17-7-9-18(10-8-17)32(23,27)28/h5-12,14H,3-4,13,15H2,1-2H3,(H,24,25)(H2,23,27,28)/b12-6+. The fourth-order valence-corrected chi connectivity index (χ4v) is 3.02. The van der Waals surface area contributed by atoms with Crippen molar-refractivity contribution in [2.75, 3.05) is 25.1 Å². The van der Waals surface area contributed by atoms with Crippen LogP contribution < -0.4 is 19.9 Å². The van der Waals surface area contributed by atoms with E-state index in [0.717, 1.165) is 6.42 Å². The van der Waals surface area contributed by atoms with Crippen LogP contribution in [0, 0.1) is 0 Å². The molecule has 0 atom stereocenters. The molecule has 3 N–H and O–H groups in total. The number of rotatable bonds is 11. The number of ether oxygens (including phenoxy) is 3. The van der Waals surface area contributed by atoms with Gasteiger partial charge in [-0.2, -0.15) is 0 Å². The monoisotopic (exact) mass is 462 g/mol. The van der Waals surface area contributed by atoms with Crippen LogP contribution in [0.1, 0.15) is 25.8 Å². The Labute approximate surface area is 187 Å². The molecule has 9 nitrogen and oxygen atoms in total. The number of hydrogen-bond donors (Lipinski definition) is 2. The molecule has 2 aromatic carbocycles. The summed E-state index contributed by atoms with van der Waals surface area (Å²) in [6, 6.07) is 10.6. The average Bonchev–Trinajstić information content (AvgIpc) is 2.75. The fraction of sp³-hybridized carbons (Fsp3) is 0.273. The van der Waals surface area contributed by atoms with Crippen LogP contribution in [0.3, 0.4) is 0 Å². The Morgan fingerprint density at radius 1 is 1.03 bits per heavy atom. The second-order valence-corrected chi connectivity index (χ2v) is 8.11. The third-order valence-electron chi connectivity index (χ3n) is 3.95. The number of carbonyl (C=O) groups excluding carboxylic acids is 2. The lowest BCUT2D eigenvalue weighted by atomic mass is 10.2. The molecule has 10 heteroatoms. The highest BCUT2D eigenvalue weighted by atomic mass is 32.2. The number of hydrogen-bond acceptors (Lipinski definition) is 7. The number of nitrogens with one attached hydrogen (secondary N) is 1. The summed E-state index contributed by atoms with van der Waals surface area (Å²) < 4.78 is 38.6. The maximum absolute atomic E-state index is 11.9. The summed E-state index contributed by atoms with van der Waals surface area (Å²) in [4.78, 5) is 23.8. The number of carbonyl (C=O) groups is 2. The number of primary sulfonamides is 1. The zero-order valence-corrected chi connectivity index (χ0v) is 18.7. The first kappa shape index (κ1) is 24.9. The number of anilines is 1. The predicted molar refractivity (Wildman–Crippen MR) is 120 cm³/mol. The molecule has 2 aromatic rings. The van der Waals surface area contributed by atoms with Crippen molar-refractivity contribution in [1.29, 1.82) is 0 Å². The van der Waals surface area contributed by atoms with Gasteiger partial charge in [-0.05, 0) is 61.4 Å². The van der Waals surface area contributed by atoms with Crippen molar-refractivity contribution < 1.29 is 32.2 Å². The Bertz CT molecular complexity index is 1060. The molecule has 0 fully saturated rings. The smallest absolute Gasteiger partial charge is 0.331 e. The van der Waals surface area contributed by atoms with Crippen LogP contribution in [0.15, 0.2) is 53.4 Å². The van der Waals surface area contributed by atoms with Crippen molar-refractivity contribution in [3.05, 3.63) is 54.1 Å². The highest BCUT2D eigenvalue weighted by Crippen LogP contribution is 2.29. The molecule has 0 aliphatic carbocycles. The van der Waals surface area contributed by atoms with Crippen molar-refractivity contribution in [2.24, 2.45) is 5.14 Å². The van der Waals surface area contributed by atoms with Crippen molar-refractivity contribution >= 4 is 33.7 Å². The molecule has 2 rings (SSSR count). The quantitative estimate of drug-likeness (QED) is 0.387. The van der Waals surface area contributed by atoms with E-state index in [1.54, 1.807) is 24.3 Å². The van der Waals surface area contributed by atoms with E-state index in [-0.39, 0.29) is 4.90 Å². The molecule has 0 spiro atoms. The Kier molecular flexibility index (Phi) is 9.23. The minimum absolute atomic E-state index is 0.0792. The highest BCUT2D eigenvalue weighted by molar-refractivity contribution is 7.89. The van der Waals surface area contributed by atoms with Gasteiger partial charge < -0.3 is 19.5 Å². The van der Waals surface area contributed by atoms with E-state index in [4.69, 9.17) is 19.3 Å². The fourth-order valence-electron chi connectivity index (χ4n) is 2.50. The van der Waals surface area contributed by atoms with Gasteiger partial charge in [-0.3, -0.25) is 4.79 Å². The van der Waals surface area contributed by atoms with E-state index in [1.807, 2.05) is 13.8 Å². The number of benzene rings is 2. The Balaban J connectivity index is 1.89. The molecule has 172 valence electrons. The topological polar surface area (TPSA) is 134 Å². The van der Waals surface area contributed by atoms with Crippen LogP contribution >= 0.6 is 0 Å². The molecule has 1 amide bonds. The predicted octanol–water partition coefficient (Wildman–Crippen LogP) is 2.72. The SMILES string of the molecule is CCCOc1ccc(/C=C/C(=O)OCC(=O)Nc2ccc(S(N)(=O)=O)cc2)cc1OCC. The van der Waals surface area contributed by atoms with E-state index in [2.05, 4.69) is 5.32 Å². The van der Waals surface area contributed by atoms with Gasteiger partial charge in [0.2, 0.25) is 10.0 Å². The van der Waals surface area contributed by atoms with Crippen LogP contribution in [0.5, 0.6) is 11.5 Å². The Hall–Kier alpha value is -3.37. The average molecular weight is 463 g/mol. The second-order valence-electron chi connectivity index (χ2n) is 6.55. The van der Waals surface area contributed by atoms with Crippen molar-refractivity contribution in [3.63, 3.8) is 0 Å². The minimum Gasteiger partial charge on any atom is -0.490 e. The van der Waals surface area contributed by atoms with Crippen LogP contribution in [-0.2, 0) is 24.3 Å². The number of nitrogens with two attached hydrogens (primary N) is 1. The summed E-state index contributed by atoms with van der Waals surface area (Å²) in [5.41, 5.74) is 1.04. The Morgan fingerprint density at radius 3 is 2.38 bits per heavy atom. The molecule has 0 aliphatic heterocycles. The van der Waals surface area contributed by atoms with Crippen LogP contribution in [0.2, 0.25) is 0 Å². The van der Waals surface area contributed by atoms with Gasteiger partial charge in [-0.15, -0.1) is 0 Å². The third kappa shape index (κ3) is 8.05. The summed E-state index contributed by atoms with van der Waals surface area (Å²) in [6.07, 6.45) is 3.61. The van der Waals surface area contributed by atoms with E-state index < -0.39 is 28.5 Å². The lowest BCUT2D eigenvalue weighted by Gasteiger charge is -2.12. The minimum atomic E-state index is -3.82. The van der Waals surface area contributed by atoms with Gasteiger partial charge in [0.1, 0.15) is 0 Å². The van der Waals surface area contributed by atoms with E-state index in [1.165, 1.54) is 30.3 Å². The molecular weight excluding hydrogens is 436 g/mol. The van der Waals surface area contributed by atoms with Crippen LogP contribution in [0.4, 0.5) is 5.69 Å². The van der Waals surface area contributed by atoms with Gasteiger partial charge in [0, 0.05) is 11.8 Å². The largest absolute Gasteiger partial charge is 0.490 e. The third-order valence-corrected chi connectivity index (χ3v) is 4.88. The molecule has 0 aromatic heterocycles. The van der Waals surface area contributed by atoms with Gasteiger partial charge in [0.05, 0.1) is 18.1 Å². The second kappa shape index (κ2) is 11.9. The zero-order valence-electron chi connectivity index (χ0n) is 17.9. The molecule has 0 radical (unpaired) electrons. The van der Waals surface area contributed by atoms with E-state index in [9.17, 15) is 18.0 Å². The summed E-state index contributed by atoms with van der Waals surface area (Å²) in [7, 11) is -3.82. The van der Waals surface area contributed by atoms with Gasteiger partial charge >= 0.3 is 5.97 Å². The first-order chi connectivity index (χ1) is 15.2. The van der Waals surface area contributed by atoms with Crippen LogP contribution in [-0.4, -0.2) is 40.1 Å². The van der Waals surface area contributed by atoms with Gasteiger partial charge in [-0.1, -0.05) is 13.0 Å².